The van der Waals surface area contributed by atoms with Crippen LogP contribution in [0, 0.1) is 12.7 Å². The van der Waals surface area contributed by atoms with Crippen molar-refractivity contribution >= 4 is 28.5 Å². The van der Waals surface area contributed by atoms with Crippen LogP contribution in [0.5, 0.6) is 0 Å². The van der Waals surface area contributed by atoms with E-state index >= 15 is 0 Å². The molecule has 186 valence electrons. The summed E-state index contributed by atoms with van der Waals surface area (Å²) in [6.45, 7) is 11.5. The van der Waals surface area contributed by atoms with E-state index in [-0.39, 0.29) is 11.2 Å². The Balaban J connectivity index is 1.30. The van der Waals surface area contributed by atoms with Crippen molar-refractivity contribution in [3.8, 4) is 11.3 Å². The molecule has 4 aromatic rings. The van der Waals surface area contributed by atoms with Gasteiger partial charge in [0.1, 0.15) is 17.3 Å². The van der Waals surface area contributed by atoms with Crippen LogP contribution in [-0.2, 0) is 12.0 Å². The lowest BCUT2D eigenvalue weighted by Crippen LogP contribution is -2.49. The number of nitrogens with zero attached hydrogens (tertiary/aromatic N) is 6. The van der Waals surface area contributed by atoms with Crippen LogP contribution < -0.4 is 15.5 Å². The van der Waals surface area contributed by atoms with Crippen molar-refractivity contribution in [1.82, 2.24) is 29.8 Å². The van der Waals surface area contributed by atoms with Crippen LogP contribution in [0.2, 0.25) is 0 Å². The number of hydrogen-bond donors (Lipinski definition) is 2. The molecular formula is C27H31FN8. The van der Waals surface area contributed by atoms with Crippen molar-refractivity contribution in [2.75, 3.05) is 29.9 Å². The summed E-state index contributed by atoms with van der Waals surface area (Å²) in [5.74, 6) is 1.54. The number of benzene rings is 1. The predicted octanol–water partition coefficient (Wildman–Crippen LogP) is 4.56. The van der Waals surface area contributed by atoms with Gasteiger partial charge in [-0.15, -0.1) is 0 Å². The van der Waals surface area contributed by atoms with Gasteiger partial charge in [-0.1, -0.05) is 0 Å². The predicted molar refractivity (Wildman–Crippen MR) is 140 cm³/mol. The molecule has 0 radical (unpaired) electrons. The molecule has 8 nitrogen and oxygen atoms in total. The van der Waals surface area contributed by atoms with E-state index in [2.05, 4.69) is 55.8 Å². The molecule has 1 unspecified atom stereocenters. The molecule has 5 heterocycles. The first-order valence-electron chi connectivity index (χ1n) is 12.6. The van der Waals surface area contributed by atoms with E-state index in [1.165, 1.54) is 6.20 Å². The summed E-state index contributed by atoms with van der Waals surface area (Å²) in [4.78, 5) is 20.4. The average molecular weight is 487 g/mol. The fourth-order valence-electron chi connectivity index (χ4n) is 5.46. The van der Waals surface area contributed by atoms with Crippen molar-refractivity contribution in [2.45, 2.75) is 52.1 Å². The number of anilines is 3. The quantitative estimate of drug-likeness (QED) is 0.438. The van der Waals surface area contributed by atoms with Crippen LogP contribution in [0.4, 0.5) is 21.8 Å². The number of nitrogens with one attached hydrogen (secondary N) is 2. The van der Waals surface area contributed by atoms with E-state index in [0.717, 1.165) is 60.6 Å². The highest BCUT2D eigenvalue weighted by molar-refractivity contribution is 5.86. The summed E-state index contributed by atoms with van der Waals surface area (Å²) in [7, 11) is 0. The molecule has 1 atom stereocenters. The van der Waals surface area contributed by atoms with Gasteiger partial charge in [-0.05, 0) is 63.9 Å². The molecule has 2 N–H and O–H groups in total. The smallest absolute Gasteiger partial charge is 0.229 e. The largest absolute Gasteiger partial charge is 0.367 e. The number of hydrogen-bond acceptors (Lipinski definition) is 7. The second-order valence-electron chi connectivity index (χ2n) is 10.6. The topological polar surface area (TPSA) is 83.8 Å². The van der Waals surface area contributed by atoms with E-state index in [4.69, 9.17) is 4.98 Å². The zero-order chi connectivity index (χ0) is 25.0. The van der Waals surface area contributed by atoms with Crippen LogP contribution in [-0.4, -0.2) is 50.2 Å². The van der Waals surface area contributed by atoms with E-state index in [0.29, 0.717) is 23.4 Å². The summed E-state index contributed by atoms with van der Waals surface area (Å²) in [6.07, 6.45) is 5.06. The Kier molecular flexibility index (Phi) is 5.40. The van der Waals surface area contributed by atoms with Gasteiger partial charge in [-0.25, -0.2) is 24.3 Å². The van der Waals surface area contributed by atoms with Gasteiger partial charge in [0.2, 0.25) is 5.95 Å². The van der Waals surface area contributed by atoms with Crippen LogP contribution in [0.3, 0.4) is 0 Å². The highest BCUT2D eigenvalue weighted by atomic mass is 19.1. The maximum absolute atomic E-state index is 15.0. The number of piperazine rings is 1. The highest BCUT2D eigenvalue weighted by Crippen LogP contribution is 2.38. The molecule has 0 saturated carbocycles. The lowest BCUT2D eigenvalue weighted by molar-refractivity contribution is 0.386. The first-order chi connectivity index (χ1) is 17.3. The molecule has 6 rings (SSSR count). The van der Waals surface area contributed by atoms with Gasteiger partial charge in [-0.2, -0.15) is 0 Å². The summed E-state index contributed by atoms with van der Waals surface area (Å²) in [5, 5.41) is 6.58. The minimum atomic E-state index is -0.462. The first kappa shape index (κ1) is 22.8. The fraction of sp³-hybridized carbons (Fsp3) is 0.407. The van der Waals surface area contributed by atoms with E-state index in [9.17, 15) is 4.39 Å². The third kappa shape index (κ3) is 3.97. The van der Waals surface area contributed by atoms with Gasteiger partial charge in [0.15, 0.2) is 5.82 Å². The number of pyridine rings is 1. The van der Waals surface area contributed by atoms with Crippen LogP contribution >= 0.6 is 0 Å². The fourth-order valence-corrected chi connectivity index (χ4v) is 5.46. The first-order valence-corrected chi connectivity index (χ1v) is 12.6. The molecule has 9 heteroatoms. The molecule has 0 amide bonds. The monoisotopic (exact) mass is 486 g/mol. The Morgan fingerprint density at radius 2 is 2.00 bits per heavy atom. The van der Waals surface area contributed by atoms with Crippen molar-refractivity contribution in [2.24, 2.45) is 0 Å². The number of rotatable bonds is 4. The zero-order valence-electron chi connectivity index (χ0n) is 21.1. The molecule has 0 bridgehead atoms. The van der Waals surface area contributed by atoms with Crippen molar-refractivity contribution in [3.63, 3.8) is 0 Å². The van der Waals surface area contributed by atoms with Gasteiger partial charge >= 0.3 is 0 Å². The summed E-state index contributed by atoms with van der Waals surface area (Å²) in [6, 6.07) is 8.34. The Bertz CT molecular complexity index is 1440. The van der Waals surface area contributed by atoms with E-state index in [1.807, 2.05) is 37.4 Å². The third-order valence-corrected chi connectivity index (χ3v) is 7.33. The second kappa shape index (κ2) is 8.51. The standard InChI is InChI=1S/C27H31FN8/c1-16-11-18(12-21-24(16)33-23-7-8-27(3,4)36(21)23)25-20(28)14-31-26(34-25)32-22-6-5-19(13-30-22)35-10-9-29-17(2)15-35/h5-6,11-14,17,29H,7-10,15H2,1-4H3,(H,30,31,32,34). The molecule has 0 spiro atoms. The number of imidazole rings is 1. The molecule has 1 saturated heterocycles. The molecule has 1 fully saturated rings. The van der Waals surface area contributed by atoms with E-state index < -0.39 is 5.82 Å². The summed E-state index contributed by atoms with van der Waals surface area (Å²) < 4.78 is 17.3. The van der Waals surface area contributed by atoms with Crippen LogP contribution in [0.1, 0.15) is 38.6 Å². The highest BCUT2D eigenvalue weighted by Gasteiger charge is 2.32. The Labute approximate surface area is 210 Å². The van der Waals surface area contributed by atoms with Crippen molar-refractivity contribution in [3.05, 3.63) is 53.9 Å². The van der Waals surface area contributed by atoms with Gasteiger partial charge in [0, 0.05) is 43.2 Å². The Morgan fingerprint density at radius 3 is 2.78 bits per heavy atom. The maximum Gasteiger partial charge on any atom is 0.229 e. The second-order valence-corrected chi connectivity index (χ2v) is 10.6. The summed E-state index contributed by atoms with van der Waals surface area (Å²) in [5.41, 5.74) is 5.03. The molecule has 3 aromatic heterocycles. The van der Waals surface area contributed by atoms with Crippen LogP contribution in [0.25, 0.3) is 22.3 Å². The minimum absolute atomic E-state index is 0.0212. The lowest BCUT2D eigenvalue weighted by Gasteiger charge is -2.33. The summed E-state index contributed by atoms with van der Waals surface area (Å²) >= 11 is 0. The van der Waals surface area contributed by atoms with Gasteiger partial charge in [0.05, 0.1) is 29.1 Å². The van der Waals surface area contributed by atoms with Gasteiger partial charge in [0.25, 0.3) is 0 Å². The lowest BCUT2D eigenvalue weighted by atomic mass is 10.0. The van der Waals surface area contributed by atoms with Crippen molar-refractivity contribution in [1.29, 1.82) is 0 Å². The number of aryl methyl sites for hydroxylation is 2. The molecular weight excluding hydrogens is 455 g/mol. The van der Waals surface area contributed by atoms with E-state index in [1.54, 1.807) is 0 Å². The number of fused-ring (bicyclic) bond motifs is 3. The van der Waals surface area contributed by atoms with Crippen LogP contribution in [0.15, 0.2) is 36.7 Å². The molecule has 2 aliphatic rings. The Hall–Kier alpha value is -3.59. The zero-order valence-corrected chi connectivity index (χ0v) is 21.1. The molecule has 2 aliphatic heterocycles. The molecule has 0 aliphatic carbocycles. The maximum atomic E-state index is 15.0. The molecule has 1 aromatic carbocycles. The SMILES string of the molecule is Cc1cc(-c2nc(Nc3ccc(N4CCNC(C)C4)cn3)ncc2F)cc2c1nc1n2C(C)(C)CC1. The Morgan fingerprint density at radius 1 is 1.14 bits per heavy atom. The van der Waals surface area contributed by atoms with Gasteiger partial charge < -0.3 is 20.1 Å². The van der Waals surface area contributed by atoms with Gasteiger partial charge in [-0.3, -0.25) is 0 Å². The normalized spacial score (nSPS) is 19.0. The minimum Gasteiger partial charge on any atom is -0.367 e. The molecule has 36 heavy (non-hydrogen) atoms. The third-order valence-electron chi connectivity index (χ3n) is 7.33. The number of halogens is 1. The average Bonchev–Trinajstić information content (AvgIpc) is 3.38. The number of aromatic nitrogens is 5. The van der Waals surface area contributed by atoms with Crippen molar-refractivity contribution < 1.29 is 4.39 Å².